The second kappa shape index (κ2) is 18.6. The fourth-order valence-corrected chi connectivity index (χ4v) is 9.72. The first kappa shape index (κ1) is 37.9. The van der Waals surface area contributed by atoms with Gasteiger partial charge in [-0.1, -0.05) is 55.9 Å². The second-order valence-electron chi connectivity index (χ2n) is 12.2. The molecule has 2 heterocycles. The van der Waals surface area contributed by atoms with Gasteiger partial charge in [-0.25, -0.2) is 14.5 Å². The molecule has 0 aromatic rings. The van der Waals surface area contributed by atoms with E-state index in [9.17, 15) is 14.4 Å². The van der Waals surface area contributed by atoms with Crippen molar-refractivity contribution < 1.29 is 33.3 Å². The van der Waals surface area contributed by atoms with Crippen molar-refractivity contribution in [3.05, 3.63) is 23.8 Å². The molecule has 2 saturated heterocycles. The molecule has 0 unspecified atom stereocenters. The zero-order chi connectivity index (χ0) is 32.8. The molecule has 2 aliphatic heterocycles. The summed E-state index contributed by atoms with van der Waals surface area (Å²) in [5.41, 5.74) is 0.902. The molecule has 2 rings (SSSR count). The molecule has 11 heteroatoms. The zero-order valence-corrected chi connectivity index (χ0v) is 30.4. The van der Waals surface area contributed by atoms with Gasteiger partial charge in [0.1, 0.15) is 12.1 Å². The van der Waals surface area contributed by atoms with Crippen LogP contribution in [-0.2, 0) is 23.7 Å². The number of carbonyl (C=O) groups is 3. The van der Waals surface area contributed by atoms with E-state index in [4.69, 9.17) is 18.9 Å². The summed E-state index contributed by atoms with van der Waals surface area (Å²) < 4.78 is 24.2. The molecule has 44 heavy (non-hydrogen) atoms. The minimum Gasteiger partial charge on any atom is -0.459 e. The number of rotatable bonds is 14. The van der Waals surface area contributed by atoms with Crippen molar-refractivity contribution in [2.75, 3.05) is 19.5 Å². The van der Waals surface area contributed by atoms with E-state index in [2.05, 4.69) is 50.2 Å². The fraction of sp³-hybridized carbons (Fsp3) is 0.667. The smallest absolute Gasteiger partial charge is 0.417 e. The molecular formula is C33H49NO7SSi2. The highest BCUT2D eigenvalue weighted by Crippen LogP contribution is 2.42. The molecule has 242 valence electrons. The molecule has 0 N–H and O–H groups in total. The molecule has 0 aromatic carbocycles. The van der Waals surface area contributed by atoms with E-state index in [1.165, 1.54) is 13.2 Å². The number of thioether (sulfide) groups is 1. The van der Waals surface area contributed by atoms with Crippen LogP contribution in [0.1, 0.15) is 66.2 Å². The molecule has 8 nitrogen and oxygen atoms in total. The molecule has 2 fully saturated rings. The molecule has 5 atom stereocenters. The quantitative estimate of drug-likeness (QED) is 0.0662. The Balaban J connectivity index is 2.23. The van der Waals surface area contributed by atoms with Crippen LogP contribution in [-0.4, -0.2) is 82.3 Å². The summed E-state index contributed by atoms with van der Waals surface area (Å²) >= 11 is 1.04. The van der Waals surface area contributed by atoms with Gasteiger partial charge >= 0.3 is 12.1 Å². The van der Waals surface area contributed by atoms with Crippen molar-refractivity contribution in [3.63, 3.8) is 0 Å². The molecule has 0 bridgehead atoms. The summed E-state index contributed by atoms with van der Waals surface area (Å²) in [5, 5.41) is -0.396. The van der Waals surface area contributed by atoms with E-state index in [0.29, 0.717) is 25.0 Å². The van der Waals surface area contributed by atoms with Crippen LogP contribution in [0, 0.1) is 29.6 Å². The van der Waals surface area contributed by atoms with E-state index >= 15 is 0 Å². The maximum absolute atomic E-state index is 13.2. The van der Waals surface area contributed by atoms with Gasteiger partial charge in [-0.2, -0.15) is 0 Å². The number of imide groups is 1. The lowest BCUT2D eigenvalue weighted by Gasteiger charge is -2.47. The SMILES string of the molecule is CC#C/C=C/CC/C(C)=C\C(=O)O[C@@H]1C[C@@H](CC[C@H](C)C#CC)O[C@@](OC)([C@@H]2CSC(=O)N2C(=O)OCC[Si][Si](C)(C)C)C1. The Bertz CT molecular complexity index is 1180. The minimum absolute atomic E-state index is 0.165. The van der Waals surface area contributed by atoms with Crippen LogP contribution in [0.15, 0.2) is 23.8 Å². The topological polar surface area (TPSA) is 91.4 Å². The number of hydrogen-bond donors (Lipinski definition) is 0. The van der Waals surface area contributed by atoms with E-state index in [1.807, 2.05) is 26.0 Å². The monoisotopic (exact) mass is 659 g/mol. The van der Waals surface area contributed by atoms with Crippen LogP contribution in [0.25, 0.3) is 0 Å². The predicted molar refractivity (Wildman–Crippen MR) is 180 cm³/mol. The lowest BCUT2D eigenvalue weighted by atomic mass is 9.90. The lowest BCUT2D eigenvalue weighted by Crippen LogP contribution is -2.61. The number of methoxy groups -OCH3 is 1. The Kier molecular flexibility index (Phi) is 16.0. The summed E-state index contributed by atoms with van der Waals surface area (Å²) in [7, 11) is 1.01. The average molecular weight is 660 g/mol. The Hall–Kier alpha value is -2.29. The summed E-state index contributed by atoms with van der Waals surface area (Å²) in [5.74, 6) is 10.5. The van der Waals surface area contributed by atoms with Gasteiger partial charge in [-0.05, 0) is 58.6 Å². The highest BCUT2D eigenvalue weighted by atomic mass is 32.2. The molecule has 0 aliphatic carbocycles. The van der Waals surface area contributed by atoms with Crippen LogP contribution >= 0.6 is 11.8 Å². The summed E-state index contributed by atoms with van der Waals surface area (Å²) in [4.78, 5) is 40.4. The summed E-state index contributed by atoms with van der Waals surface area (Å²) in [6.07, 6.45) is 7.34. The van der Waals surface area contributed by atoms with E-state index in [1.54, 1.807) is 6.92 Å². The first-order valence-corrected chi connectivity index (χ1v) is 22.0. The predicted octanol–water partition coefficient (Wildman–Crippen LogP) is 6.80. The largest absolute Gasteiger partial charge is 0.459 e. The molecule has 2 radical (unpaired) electrons. The Labute approximate surface area is 272 Å². The zero-order valence-electron chi connectivity index (χ0n) is 27.6. The van der Waals surface area contributed by atoms with Crippen LogP contribution in [0.2, 0.25) is 25.7 Å². The van der Waals surface area contributed by atoms with Crippen LogP contribution < -0.4 is 0 Å². The molecule has 0 spiro atoms. The van der Waals surface area contributed by atoms with Gasteiger partial charge in [-0.15, -0.1) is 17.8 Å². The third-order valence-corrected chi connectivity index (χ3v) is 13.7. The number of esters is 1. The van der Waals surface area contributed by atoms with Crippen molar-refractivity contribution in [3.8, 4) is 23.7 Å². The van der Waals surface area contributed by atoms with Crippen molar-refractivity contribution >= 4 is 45.7 Å². The van der Waals surface area contributed by atoms with E-state index in [-0.39, 0.29) is 25.0 Å². The Morgan fingerprint density at radius 1 is 1.27 bits per heavy atom. The van der Waals surface area contributed by atoms with Gasteiger partial charge in [0.25, 0.3) is 5.24 Å². The lowest BCUT2D eigenvalue weighted by molar-refractivity contribution is -0.303. The molecule has 0 aromatic heterocycles. The number of allylic oxidation sites excluding steroid dienone is 3. The van der Waals surface area contributed by atoms with Crippen LogP contribution in [0.4, 0.5) is 9.59 Å². The highest BCUT2D eigenvalue weighted by molar-refractivity contribution is 8.14. The standard InChI is InChI=1S/C33H49NO7SSi2/c1-9-11-12-13-14-16-26(4)21-30(35)40-28-22-27(18-17-25(3)15-10-2)41-33(23-28,38-5)29-24-42-32(37)34(29)31(36)39-19-20-43-44(6,7)8/h12-13,21,25,27-29H,14,16-20,22-24H2,1-8H3/b13-12+,26-21-/t25-,27-,28-,29+,33-/m1/s1. The molecule has 0 saturated carbocycles. The summed E-state index contributed by atoms with van der Waals surface area (Å²) in [6.45, 7) is 14.7. The highest BCUT2D eigenvalue weighted by Gasteiger charge is 2.56. The third-order valence-electron chi connectivity index (χ3n) is 7.32. The van der Waals surface area contributed by atoms with Gasteiger partial charge in [0.15, 0.2) is 5.79 Å². The van der Waals surface area contributed by atoms with Gasteiger partial charge in [-0.3, -0.25) is 4.79 Å². The minimum atomic E-state index is -1.35. The molecule has 2 amide bonds. The summed E-state index contributed by atoms with van der Waals surface area (Å²) in [6, 6.07) is 0.0476. The maximum Gasteiger partial charge on any atom is 0.417 e. The fourth-order valence-electron chi connectivity index (χ4n) is 5.16. The number of carbonyl (C=O) groups excluding carboxylic acids is 3. The molecular weight excluding hydrogens is 611 g/mol. The first-order valence-electron chi connectivity index (χ1n) is 15.3. The van der Waals surface area contributed by atoms with Gasteiger partial charge in [0.05, 0.1) is 12.7 Å². The Morgan fingerprint density at radius 3 is 2.68 bits per heavy atom. The van der Waals surface area contributed by atoms with Gasteiger partial charge < -0.3 is 18.9 Å². The van der Waals surface area contributed by atoms with E-state index in [0.717, 1.165) is 50.2 Å². The number of hydrogen-bond acceptors (Lipinski definition) is 8. The normalized spacial score (nSPS) is 24.7. The molecule has 2 aliphatic rings. The van der Waals surface area contributed by atoms with E-state index < -0.39 is 42.8 Å². The Morgan fingerprint density at radius 2 is 2.02 bits per heavy atom. The maximum atomic E-state index is 13.2. The van der Waals surface area contributed by atoms with Crippen molar-refractivity contribution in [2.24, 2.45) is 5.92 Å². The third kappa shape index (κ3) is 12.6. The van der Waals surface area contributed by atoms with Gasteiger partial charge in [0.2, 0.25) is 0 Å². The van der Waals surface area contributed by atoms with Crippen molar-refractivity contribution in [1.82, 2.24) is 4.90 Å². The van der Waals surface area contributed by atoms with Crippen LogP contribution in [0.3, 0.4) is 0 Å². The number of ether oxygens (including phenoxy) is 4. The number of nitrogens with zero attached hydrogens (tertiary/aromatic N) is 1. The van der Waals surface area contributed by atoms with Crippen molar-refractivity contribution in [2.45, 2.75) is 116 Å². The average Bonchev–Trinajstić information content (AvgIpc) is 3.35. The van der Waals surface area contributed by atoms with Crippen molar-refractivity contribution in [1.29, 1.82) is 0 Å². The number of amides is 2. The first-order chi connectivity index (χ1) is 20.8. The second-order valence-corrected chi connectivity index (χ2v) is 24.1. The van der Waals surface area contributed by atoms with Gasteiger partial charge in [0, 0.05) is 54.3 Å². The van der Waals surface area contributed by atoms with Crippen LogP contribution in [0.5, 0.6) is 0 Å².